The van der Waals surface area contributed by atoms with Crippen molar-refractivity contribution in [1.82, 2.24) is 5.32 Å². The Morgan fingerprint density at radius 3 is 2.38 bits per heavy atom. The predicted molar refractivity (Wildman–Crippen MR) is 61.2 cm³/mol. The summed E-state index contributed by atoms with van der Waals surface area (Å²) in [7, 11) is 0. The summed E-state index contributed by atoms with van der Waals surface area (Å²) in [5.41, 5.74) is 1.39. The van der Waals surface area contributed by atoms with Crippen LogP contribution in [0.2, 0.25) is 0 Å². The Labute approximate surface area is 90.3 Å². The number of nitrogens with one attached hydrogen (secondary N) is 1. The summed E-state index contributed by atoms with van der Waals surface area (Å²) in [5, 5.41) is 3.54. The Morgan fingerprint density at radius 1 is 1.15 bits per heavy atom. The standard InChI is InChI=1S/C11H15N.BrH/c1-2-5-10(6-3-1)9-12-11-7-4-8-11;/h1-3,5-6,11-12H,4,7-9H2;1H. The van der Waals surface area contributed by atoms with E-state index in [1.54, 1.807) is 0 Å². The van der Waals surface area contributed by atoms with Crippen LogP contribution in [0.3, 0.4) is 0 Å². The fourth-order valence-corrected chi connectivity index (χ4v) is 1.47. The topological polar surface area (TPSA) is 12.0 Å². The number of benzene rings is 1. The van der Waals surface area contributed by atoms with Gasteiger partial charge in [-0.2, -0.15) is 0 Å². The molecule has 2 rings (SSSR count). The lowest BCUT2D eigenvalue weighted by Gasteiger charge is -2.26. The van der Waals surface area contributed by atoms with E-state index in [9.17, 15) is 0 Å². The molecule has 0 aliphatic heterocycles. The molecule has 1 fully saturated rings. The summed E-state index contributed by atoms with van der Waals surface area (Å²) in [6.07, 6.45) is 4.14. The van der Waals surface area contributed by atoms with Crippen LogP contribution in [-0.4, -0.2) is 6.04 Å². The molecule has 0 radical (unpaired) electrons. The summed E-state index contributed by atoms with van der Waals surface area (Å²) >= 11 is 0. The fraction of sp³-hybridized carbons (Fsp3) is 0.455. The first-order valence-corrected chi connectivity index (χ1v) is 4.72. The molecule has 2 heteroatoms. The van der Waals surface area contributed by atoms with Gasteiger partial charge >= 0.3 is 0 Å². The Kier molecular flexibility index (Phi) is 4.46. The maximum Gasteiger partial charge on any atom is 0.0208 e. The molecule has 72 valence electrons. The van der Waals surface area contributed by atoms with E-state index >= 15 is 0 Å². The van der Waals surface area contributed by atoms with Gasteiger partial charge in [0.25, 0.3) is 0 Å². The molecule has 0 spiro atoms. The maximum atomic E-state index is 3.54. The van der Waals surface area contributed by atoms with Gasteiger partial charge in [0.2, 0.25) is 0 Å². The summed E-state index contributed by atoms with van der Waals surface area (Å²) in [6.45, 7) is 1.03. The van der Waals surface area contributed by atoms with Crippen molar-refractivity contribution in [2.24, 2.45) is 0 Å². The highest BCUT2D eigenvalue weighted by atomic mass is 79.9. The van der Waals surface area contributed by atoms with Gasteiger partial charge in [-0.05, 0) is 18.4 Å². The monoisotopic (exact) mass is 241 g/mol. The average Bonchev–Trinajstić information content (AvgIpc) is 2.04. The van der Waals surface area contributed by atoms with Crippen LogP contribution in [0.25, 0.3) is 0 Å². The van der Waals surface area contributed by atoms with E-state index in [1.165, 1.54) is 24.8 Å². The molecule has 1 aliphatic carbocycles. The molecule has 0 aromatic heterocycles. The molecule has 13 heavy (non-hydrogen) atoms. The zero-order chi connectivity index (χ0) is 8.23. The minimum atomic E-state index is 0. The zero-order valence-electron chi connectivity index (χ0n) is 7.70. The molecule has 1 saturated carbocycles. The molecule has 0 heterocycles. The molecule has 1 N–H and O–H groups in total. The Balaban J connectivity index is 0.000000845. The minimum absolute atomic E-state index is 0. The van der Waals surface area contributed by atoms with Crippen LogP contribution in [0.4, 0.5) is 0 Å². The first-order chi connectivity index (χ1) is 5.95. The highest BCUT2D eigenvalue weighted by Crippen LogP contribution is 2.18. The number of halogens is 1. The maximum absolute atomic E-state index is 3.54. The molecule has 0 saturated heterocycles. The van der Waals surface area contributed by atoms with Gasteiger partial charge in [-0.3, -0.25) is 0 Å². The van der Waals surface area contributed by atoms with Gasteiger partial charge in [-0.15, -0.1) is 17.0 Å². The van der Waals surface area contributed by atoms with Gasteiger partial charge < -0.3 is 5.32 Å². The summed E-state index contributed by atoms with van der Waals surface area (Å²) in [5.74, 6) is 0. The van der Waals surface area contributed by atoms with Crippen LogP contribution in [-0.2, 0) is 6.54 Å². The minimum Gasteiger partial charge on any atom is -0.310 e. The van der Waals surface area contributed by atoms with Crippen LogP contribution in [0, 0.1) is 0 Å². The van der Waals surface area contributed by atoms with Gasteiger partial charge in [0, 0.05) is 12.6 Å². The smallest absolute Gasteiger partial charge is 0.0208 e. The number of hydrogen-bond donors (Lipinski definition) is 1. The van der Waals surface area contributed by atoms with Crippen LogP contribution in [0.15, 0.2) is 30.3 Å². The SMILES string of the molecule is Br.c1ccc(CNC2CCC2)cc1. The lowest BCUT2D eigenvalue weighted by Crippen LogP contribution is -2.34. The van der Waals surface area contributed by atoms with E-state index in [1.807, 2.05) is 0 Å². The van der Waals surface area contributed by atoms with Gasteiger partial charge in [-0.1, -0.05) is 36.8 Å². The molecular weight excluding hydrogens is 226 g/mol. The molecule has 0 unspecified atom stereocenters. The third kappa shape index (κ3) is 3.12. The molecule has 0 bridgehead atoms. The molecule has 1 aromatic carbocycles. The summed E-state index contributed by atoms with van der Waals surface area (Å²) < 4.78 is 0. The van der Waals surface area contributed by atoms with Gasteiger partial charge in [0.15, 0.2) is 0 Å². The van der Waals surface area contributed by atoms with Crippen molar-refractivity contribution >= 4 is 17.0 Å². The van der Waals surface area contributed by atoms with E-state index in [0.717, 1.165) is 12.6 Å². The van der Waals surface area contributed by atoms with Gasteiger partial charge in [0.05, 0.1) is 0 Å². The fourth-order valence-electron chi connectivity index (χ4n) is 1.47. The van der Waals surface area contributed by atoms with Crippen molar-refractivity contribution < 1.29 is 0 Å². The summed E-state index contributed by atoms with van der Waals surface area (Å²) in [4.78, 5) is 0. The van der Waals surface area contributed by atoms with E-state index in [0.29, 0.717) is 0 Å². The third-order valence-corrected chi connectivity index (χ3v) is 2.54. The van der Waals surface area contributed by atoms with Crippen LogP contribution >= 0.6 is 17.0 Å². The van der Waals surface area contributed by atoms with Crippen molar-refractivity contribution in [3.8, 4) is 0 Å². The number of rotatable bonds is 3. The van der Waals surface area contributed by atoms with Crippen molar-refractivity contribution in [2.45, 2.75) is 31.8 Å². The molecule has 1 nitrogen and oxygen atoms in total. The van der Waals surface area contributed by atoms with Crippen molar-refractivity contribution in [2.75, 3.05) is 0 Å². The Morgan fingerprint density at radius 2 is 1.85 bits per heavy atom. The number of hydrogen-bond acceptors (Lipinski definition) is 1. The molecule has 1 aliphatic rings. The first kappa shape index (κ1) is 10.7. The van der Waals surface area contributed by atoms with E-state index in [4.69, 9.17) is 0 Å². The first-order valence-electron chi connectivity index (χ1n) is 4.72. The Bertz CT molecular complexity index is 231. The predicted octanol–water partition coefficient (Wildman–Crippen LogP) is 2.91. The van der Waals surface area contributed by atoms with E-state index in [-0.39, 0.29) is 17.0 Å². The average molecular weight is 242 g/mol. The van der Waals surface area contributed by atoms with Gasteiger partial charge in [0.1, 0.15) is 0 Å². The zero-order valence-corrected chi connectivity index (χ0v) is 9.41. The Hall–Kier alpha value is -0.340. The lowest BCUT2D eigenvalue weighted by molar-refractivity contribution is 0.338. The van der Waals surface area contributed by atoms with Crippen LogP contribution < -0.4 is 5.32 Å². The molecule has 0 atom stereocenters. The highest BCUT2D eigenvalue weighted by molar-refractivity contribution is 8.93. The summed E-state index contributed by atoms with van der Waals surface area (Å²) in [6, 6.07) is 11.4. The van der Waals surface area contributed by atoms with E-state index in [2.05, 4.69) is 35.6 Å². The molecule has 1 aromatic rings. The second-order valence-corrected chi connectivity index (χ2v) is 3.49. The normalized spacial score (nSPS) is 16.0. The van der Waals surface area contributed by atoms with E-state index < -0.39 is 0 Å². The largest absolute Gasteiger partial charge is 0.310 e. The molecule has 0 amide bonds. The van der Waals surface area contributed by atoms with Crippen molar-refractivity contribution in [3.05, 3.63) is 35.9 Å². The lowest BCUT2D eigenvalue weighted by atomic mass is 9.93. The van der Waals surface area contributed by atoms with Crippen LogP contribution in [0.5, 0.6) is 0 Å². The second kappa shape index (κ2) is 5.40. The van der Waals surface area contributed by atoms with Gasteiger partial charge in [-0.25, -0.2) is 0 Å². The van der Waals surface area contributed by atoms with Crippen molar-refractivity contribution in [1.29, 1.82) is 0 Å². The van der Waals surface area contributed by atoms with Crippen LogP contribution in [0.1, 0.15) is 24.8 Å². The quantitative estimate of drug-likeness (QED) is 0.859. The molecular formula is C11H16BrN. The second-order valence-electron chi connectivity index (χ2n) is 3.49. The van der Waals surface area contributed by atoms with Crippen molar-refractivity contribution in [3.63, 3.8) is 0 Å². The highest BCUT2D eigenvalue weighted by Gasteiger charge is 2.15. The third-order valence-electron chi connectivity index (χ3n) is 2.54.